The van der Waals surface area contributed by atoms with Crippen LogP contribution in [0.2, 0.25) is 0 Å². The zero-order chi connectivity index (χ0) is 8.04. The van der Waals surface area contributed by atoms with E-state index in [9.17, 15) is 0 Å². The lowest BCUT2D eigenvalue weighted by Crippen LogP contribution is -2.38. The van der Waals surface area contributed by atoms with E-state index in [4.69, 9.17) is 5.26 Å². The Bertz CT molecular complexity index is 130. The molecule has 0 rings (SSSR count). The van der Waals surface area contributed by atoms with Crippen LogP contribution in [0, 0.1) is 11.3 Å². The quantitative estimate of drug-likeness (QED) is 0.668. The van der Waals surface area contributed by atoms with Gasteiger partial charge in [0.15, 0.2) is 0 Å². The fraction of sp³-hybridized carbons (Fsp3) is 0.857. The van der Waals surface area contributed by atoms with E-state index in [1.165, 1.54) is 0 Å². The normalized spacial score (nSPS) is 15.8. The maximum Gasteiger partial charge on any atom is 0.104 e. The van der Waals surface area contributed by atoms with Gasteiger partial charge in [-0.05, 0) is 32.4 Å². The second-order valence-corrected chi connectivity index (χ2v) is 3.42. The highest BCUT2D eigenvalue weighted by atomic mass is 32.2. The fourth-order valence-corrected chi connectivity index (χ4v) is 1.16. The van der Waals surface area contributed by atoms with Crippen LogP contribution in [0.5, 0.6) is 0 Å². The molecule has 0 aliphatic carbocycles. The van der Waals surface area contributed by atoms with Crippen molar-refractivity contribution in [1.29, 1.82) is 5.26 Å². The fourth-order valence-electron chi connectivity index (χ4n) is 0.543. The van der Waals surface area contributed by atoms with E-state index >= 15 is 0 Å². The Kier molecular flexibility index (Phi) is 4.50. The van der Waals surface area contributed by atoms with Gasteiger partial charge >= 0.3 is 0 Å². The molecule has 10 heavy (non-hydrogen) atoms. The second-order valence-electron chi connectivity index (χ2n) is 2.44. The van der Waals surface area contributed by atoms with Gasteiger partial charge in [0, 0.05) is 0 Å². The number of nitrogens with zero attached hydrogens (tertiary/aromatic N) is 1. The minimum absolute atomic E-state index is 0.330. The molecule has 0 heterocycles. The molecule has 0 radical (unpaired) electrons. The zero-order valence-corrected chi connectivity index (χ0v) is 7.59. The molecule has 3 heteroatoms. The van der Waals surface area contributed by atoms with Crippen molar-refractivity contribution in [1.82, 2.24) is 5.32 Å². The van der Waals surface area contributed by atoms with Gasteiger partial charge < -0.3 is 5.32 Å². The zero-order valence-electron chi connectivity index (χ0n) is 6.77. The summed E-state index contributed by atoms with van der Waals surface area (Å²) in [5.41, 5.74) is -0.330. The van der Waals surface area contributed by atoms with Crippen molar-refractivity contribution in [3.05, 3.63) is 0 Å². The van der Waals surface area contributed by atoms with Crippen LogP contribution in [0.3, 0.4) is 0 Å². The first kappa shape index (κ1) is 9.80. The lowest BCUT2D eigenvalue weighted by atomic mass is 10.0. The van der Waals surface area contributed by atoms with Gasteiger partial charge in [-0.25, -0.2) is 0 Å². The van der Waals surface area contributed by atoms with E-state index in [1.54, 1.807) is 11.8 Å². The van der Waals surface area contributed by atoms with Crippen LogP contribution in [-0.2, 0) is 0 Å². The molecular weight excluding hydrogens is 144 g/mol. The number of thioether (sulfide) groups is 1. The highest BCUT2D eigenvalue weighted by Crippen LogP contribution is 2.10. The molecule has 1 unspecified atom stereocenters. The molecule has 0 bridgehead atoms. The highest BCUT2D eigenvalue weighted by Gasteiger charge is 2.19. The molecule has 0 fully saturated rings. The van der Waals surface area contributed by atoms with E-state index in [1.807, 2.05) is 20.2 Å². The lowest BCUT2D eigenvalue weighted by Gasteiger charge is -2.19. The van der Waals surface area contributed by atoms with Crippen molar-refractivity contribution < 1.29 is 0 Å². The molecule has 1 atom stereocenters. The predicted octanol–water partition coefficient (Wildman–Crippen LogP) is 1.24. The van der Waals surface area contributed by atoms with Gasteiger partial charge in [0.25, 0.3) is 0 Å². The average Bonchev–Trinajstić information content (AvgIpc) is 2.00. The van der Waals surface area contributed by atoms with Crippen LogP contribution in [-0.4, -0.2) is 24.6 Å². The summed E-state index contributed by atoms with van der Waals surface area (Å²) in [5.74, 6) is 1.03. The van der Waals surface area contributed by atoms with Crippen molar-refractivity contribution in [3.8, 4) is 6.07 Å². The van der Waals surface area contributed by atoms with Gasteiger partial charge in [0.2, 0.25) is 0 Å². The third kappa shape index (κ3) is 3.09. The maximum absolute atomic E-state index is 8.69. The van der Waals surface area contributed by atoms with Crippen LogP contribution in [0.1, 0.15) is 13.3 Å². The first-order valence-corrected chi connectivity index (χ1v) is 4.67. The summed E-state index contributed by atoms with van der Waals surface area (Å²) in [7, 11) is 1.82. The summed E-state index contributed by atoms with van der Waals surface area (Å²) in [6.07, 6.45) is 2.95. The number of hydrogen-bond acceptors (Lipinski definition) is 3. The lowest BCUT2D eigenvalue weighted by molar-refractivity contribution is 0.480. The van der Waals surface area contributed by atoms with Gasteiger partial charge in [-0.2, -0.15) is 17.0 Å². The first-order chi connectivity index (χ1) is 4.68. The Morgan fingerprint density at radius 1 is 1.70 bits per heavy atom. The van der Waals surface area contributed by atoms with Crippen molar-refractivity contribution in [2.24, 2.45) is 0 Å². The summed E-state index contributed by atoms with van der Waals surface area (Å²) in [6.45, 7) is 1.92. The molecular formula is C7H14N2S. The Hall–Kier alpha value is -0.200. The Balaban J connectivity index is 3.72. The number of nitrogens with one attached hydrogen (secondary N) is 1. The van der Waals surface area contributed by atoms with Crippen molar-refractivity contribution >= 4 is 11.8 Å². The molecule has 0 saturated heterocycles. The summed E-state index contributed by atoms with van der Waals surface area (Å²) < 4.78 is 0. The maximum atomic E-state index is 8.69. The molecule has 0 aliphatic rings. The van der Waals surface area contributed by atoms with Crippen LogP contribution >= 0.6 is 11.8 Å². The first-order valence-electron chi connectivity index (χ1n) is 3.27. The van der Waals surface area contributed by atoms with Gasteiger partial charge in [0.1, 0.15) is 5.54 Å². The molecule has 0 amide bonds. The van der Waals surface area contributed by atoms with E-state index in [0.717, 1.165) is 12.2 Å². The standard InChI is InChI=1S/C7H14N2S/c1-7(6-8,9-2)4-5-10-3/h9H,4-5H2,1-3H3. The van der Waals surface area contributed by atoms with Crippen LogP contribution in [0.25, 0.3) is 0 Å². The smallest absolute Gasteiger partial charge is 0.104 e. The Morgan fingerprint density at radius 3 is 2.60 bits per heavy atom. The van der Waals surface area contributed by atoms with Crippen molar-refractivity contribution in [3.63, 3.8) is 0 Å². The van der Waals surface area contributed by atoms with Crippen LogP contribution in [0.4, 0.5) is 0 Å². The van der Waals surface area contributed by atoms with E-state index in [2.05, 4.69) is 11.4 Å². The molecule has 58 valence electrons. The second kappa shape index (κ2) is 4.59. The molecule has 0 aromatic rings. The summed E-state index contributed by atoms with van der Waals surface area (Å²) >= 11 is 1.77. The van der Waals surface area contributed by atoms with Crippen molar-refractivity contribution in [2.45, 2.75) is 18.9 Å². The predicted molar refractivity (Wildman–Crippen MR) is 46.1 cm³/mol. The topological polar surface area (TPSA) is 35.8 Å². The molecule has 0 saturated carbocycles. The number of nitriles is 1. The van der Waals surface area contributed by atoms with Crippen LogP contribution < -0.4 is 5.32 Å². The SMILES string of the molecule is CNC(C)(C#N)CCSC. The summed E-state index contributed by atoms with van der Waals surface area (Å²) in [4.78, 5) is 0. The largest absolute Gasteiger partial charge is 0.303 e. The minimum atomic E-state index is -0.330. The Labute approximate surface area is 67.0 Å². The summed E-state index contributed by atoms with van der Waals surface area (Å²) in [5, 5.41) is 11.7. The third-order valence-corrected chi connectivity index (χ3v) is 2.22. The third-order valence-electron chi connectivity index (χ3n) is 1.60. The molecule has 1 N–H and O–H groups in total. The van der Waals surface area contributed by atoms with Gasteiger partial charge in [-0.3, -0.25) is 0 Å². The van der Waals surface area contributed by atoms with Crippen LogP contribution in [0.15, 0.2) is 0 Å². The van der Waals surface area contributed by atoms with E-state index in [0.29, 0.717) is 0 Å². The monoisotopic (exact) mass is 158 g/mol. The molecule has 0 aliphatic heterocycles. The van der Waals surface area contributed by atoms with Gasteiger partial charge in [-0.15, -0.1) is 0 Å². The number of rotatable bonds is 4. The van der Waals surface area contributed by atoms with E-state index in [-0.39, 0.29) is 5.54 Å². The van der Waals surface area contributed by atoms with Gasteiger partial charge in [0.05, 0.1) is 6.07 Å². The number of hydrogen-bond donors (Lipinski definition) is 1. The average molecular weight is 158 g/mol. The Morgan fingerprint density at radius 2 is 2.30 bits per heavy atom. The summed E-state index contributed by atoms with van der Waals surface area (Å²) in [6, 6.07) is 2.24. The highest BCUT2D eigenvalue weighted by molar-refractivity contribution is 7.98. The van der Waals surface area contributed by atoms with Gasteiger partial charge in [-0.1, -0.05) is 0 Å². The molecule has 0 aromatic heterocycles. The van der Waals surface area contributed by atoms with E-state index < -0.39 is 0 Å². The molecule has 0 spiro atoms. The molecule has 2 nitrogen and oxygen atoms in total. The minimum Gasteiger partial charge on any atom is -0.303 e. The van der Waals surface area contributed by atoms with Crippen molar-refractivity contribution in [2.75, 3.05) is 19.1 Å². The molecule has 0 aromatic carbocycles.